The van der Waals surface area contributed by atoms with E-state index in [0.717, 1.165) is 48.2 Å². The molecule has 0 radical (unpaired) electrons. The Balaban J connectivity index is 1.53. The number of aryl methyl sites for hydroxylation is 2. The average molecular weight is 325 g/mol. The Morgan fingerprint density at radius 1 is 1.12 bits per heavy atom. The molecule has 1 aliphatic heterocycles. The van der Waals surface area contributed by atoms with E-state index in [2.05, 4.69) is 25.1 Å². The minimum atomic E-state index is -0.185. The Morgan fingerprint density at radius 3 is 2.67 bits per heavy atom. The third-order valence-corrected chi connectivity index (χ3v) is 4.97. The van der Waals surface area contributed by atoms with E-state index in [9.17, 15) is 4.39 Å². The highest BCUT2D eigenvalue weighted by Crippen LogP contribution is 2.34. The summed E-state index contributed by atoms with van der Waals surface area (Å²) in [5, 5.41) is 9.39. The van der Waals surface area contributed by atoms with Crippen LogP contribution in [0.3, 0.4) is 0 Å². The van der Waals surface area contributed by atoms with E-state index < -0.39 is 0 Å². The summed E-state index contributed by atoms with van der Waals surface area (Å²) in [5.74, 6) is 0.952. The monoisotopic (exact) mass is 325 g/mol. The molecule has 3 aromatic rings. The topological polar surface area (TPSA) is 57.7 Å². The van der Waals surface area contributed by atoms with Crippen molar-refractivity contribution in [2.75, 3.05) is 18.0 Å². The van der Waals surface area contributed by atoms with Gasteiger partial charge in [-0.25, -0.2) is 9.37 Å². The van der Waals surface area contributed by atoms with Crippen molar-refractivity contribution in [2.45, 2.75) is 32.6 Å². The number of anilines is 1. The van der Waals surface area contributed by atoms with Crippen molar-refractivity contribution in [3.63, 3.8) is 0 Å². The summed E-state index contributed by atoms with van der Waals surface area (Å²) in [6.07, 6.45) is 4.03. The third-order valence-electron chi connectivity index (χ3n) is 4.97. The van der Waals surface area contributed by atoms with Gasteiger partial charge in [-0.3, -0.25) is 0 Å². The first-order chi connectivity index (χ1) is 11.6. The Morgan fingerprint density at radius 2 is 1.92 bits per heavy atom. The van der Waals surface area contributed by atoms with E-state index in [1.165, 1.54) is 11.6 Å². The fourth-order valence-electron chi connectivity index (χ4n) is 3.42. The quantitative estimate of drug-likeness (QED) is 0.783. The number of aromatic amines is 1. The summed E-state index contributed by atoms with van der Waals surface area (Å²) in [4.78, 5) is 9.98. The van der Waals surface area contributed by atoms with Crippen molar-refractivity contribution < 1.29 is 4.39 Å². The van der Waals surface area contributed by atoms with Gasteiger partial charge >= 0.3 is 0 Å². The molecule has 4 rings (SSSR count). The molecule has 124 valence electrons. The van der Waals surface area contributed by atoms with Gasteiger partial charge in [0.15, 0.2) is 0 Å². The lowest BCUT2D eigenvalue weighted by Gasteiger charge is -2.31. The summed E-state index contributed by atoms with van der Waals surface area (Å²) in [7, 11) is 0. The van der Waals surface area contributed by atoms with Gasteiger partial charge in [0.05, 0.1) is 11.4 Å². The molecule has 2 aromatic heterocycles. The van der Waals surface area contributed by atoms with Gasteiger partial charge in [0.1, 0.15) is 5.82 Å². The number of aromatic nitrogens is 4. The van der Waals surface area contributed by atoms with Crippen LogP contribution in [-0.2, 0) is 0 Å². The van der Waals surface area contributed by atoms with Gasteiger partial charge in [0.25, 0.3) is 0 Å². The molecule has 1 fully saturated rings. The van der Waals surface area contributed by atoms with Crippen LogP contribution in [0.15, 0.2) is 24.4 Å². The number of hydrogen-bond acceptors (Lipinski definition) is 4. The lowest BCUT2D eigenvalue weighted by atomic mass is 9.89. The van der Waals surface area contributed by atoms with Crippen LogP contribution in [0.2, 0.25) is 0 Å². The van der Waals surface area contributed by atoms with Crippen LogP contribution in [0.5, 0.6) is 0 Å². The molecule has 3 heterocycles. The molecule has 0 unspecified atom stereocenters. The molecule has 6 heteroatoms. The van der Waals surface area contributed by atoms with Crippen LogP contribution in [0.4, 0.5) is 10.3 Å². The normalized spacial score (nSPS) is 16.0. The Hall–Kier alpha value is -2.50. The maximum atomic E-state index is 13.6. The number of benzene rings is 1. The molecular weight excluding hydrogens is 305 g/mol. The number of nitrogens with one attached hydrogen (secondary N) is 1. The first kappa shape index (κ1) is 15.1. The van der Waals surface area contributed by atoms with Crippen molar-refractivity contribution in [1.29, 1.82) is 0 Å². The van der Waals surface area contributed by atoms with Crippen LogP contribution in [-0.4, -0.2) is 33.3 Å². The molecule has 5 nitrogen and oxygen atoms in total. The van der Waals surface area contributed by atoms with Crippen LogP contribution in [0.1, 0.15) is 35.7 Å². The van der Waals surface area contributed by atoms with Crippen molar-refractivity contribution in [2.24, 2.45) is 0 Å². The second-order valence-corrected chi connectivity index (χ2v) is 6.48. The lowest BCUT2D eigenvalue weighted by Crippen LogP contribution is -2.34. The van der Waals surface area contributed by atoms with Gasteiger partial charge in [0, 0.05) is 30.2 Å². The standard InChI is InChI=1S/C18H20FN5/c1-11-12(2)22-23-18(21-11)24-7-5-13(6-8-24)16-10-20-17-4-3-14(19)9-15(16)17/h3-4,9-10,13,20H,5-8H2,1-2H3. The van der Waals surface area contributed by atoms with Gasteiger partial charge in [-0.05, 0) is 56.4 Å². The van der Waals surface area contributed by atoms with Gasteiger partial charge in [0.2, 0.25) is 5.95 Å². The van der Waals surface area contributed by atoms with Crippen molar-refractivity contribution in [1.82, 2.24) is 20.2 Å². The third kappa shape index (κ3) is 2.62. The minimum absolute atomic E-state index is 0.185. The molecule has 1 N–H and O–H groups in total. The zero-order valence-electron chi connectivity index (χ0n) is 13.9. The molecule has 1 aliphatic rings. The molecule has 0 spiro atoms. The van der Waals surface area contributed by atoms with Crippen LogP contribution < -0.4 is 4.90 Å². The number of halogens is 1. The number of piperidine rings is 1. The molecule has 0 amide bonds. The van der Waals surface area contributed by atoms with Crippen molar-refractivity contribution in [3.8, 4) is 0 Å². The summed E-state index contributed by atoms with van der Waals surface area (Å²) in [5.41, 5.74) is 4.00. The Kier molecular flexibility index (Phi) is 3.67. The summed E-state index contributed by atoms with van der Waals surface area (Å²) >= 11 is 0. The lowest BCUT2D eigenvalue weighted by molar-refractivity contribution is 0.499. The largest absolute Gasteiger partial charge is 0.361 e. The van der Waals surface area contributed by atoms with Gasteiger partial charge in [-0.15, -0.1) is 5.10 Å². The first-order valence-corrected chi connectivity index (χ1v) is 8.31. The second kappa shape index (κ2) is 5.85. The number of fused-ring (bicyclic) bond motifs is 1. The smallest absolute Gasteiger partial charge is 0.245 e. The second-order valence-electron chi connectivity index (χ2n) is 6.48. The molecular formula is C18H20FN5. The zero-order chi connectivity index (χ0) is 16.7. The van der Waals surface area contributed by atoms with Crippen molar-refractivity contribution >= 4 is 16.9 Å². The Labute approximate surface area is 139 Å². The van der Waals surface area contributed by atoms with Gasteiger partial charge < -0.3 is 9.88 Å². The van der Waals surface area contributed by atoms with Crippen LogP contribution in [0.25, 0.3) is 10.9 Å². The maximum Gasteiger partial charge on any atom is 0.245 e. The minimum Gasteiger partial charge on any atom is -0.361 e. The predicted octanol–water partition coefficient (Wildman–Crippen LogP) is 3.49. The molecule has 0 atom stereocenters. The number of hydrogen-bond donors (Lipinski definition) is 1. The number of rotatable bonds is 2. The van der Waals surface area contributed by atoms with Gasteiger partial charge in [-0.1, -0.05) is 0 Å². The van der Waals surface area contributed by atoms with E-state index in [-0.39, 0.29) is 5.82 Å². The Bertz CT molecular complexity index is 880. The molecule has 0 bridgehead atoms. The molecule has 1 aromatic carbocycles. The highest BCUT2D eigenvalue weighted by Gasteiger charge is 2.24. The van der Waals surface area contributed by atoms with Crippen LogP contribution in [0, 0.1) is 19.7 Å². The van der Waals surface area contributed by atoms with E-state index in [1.54, 1.807) is 12.1 Å². The van der Waals surface area contributed by atoms with E-state index in [4.69, 9.17) is 0 Å². The SMILES string of the molecule is Cc1nnc(N2CCC(c3c[nH]c4ccc(F)cc34)CC2)nc1C. The van der Waals surface area contributed by atoms with E-state index in [0.29, 0.717) is 11.9 Å². The molecule has 0 aliphatic carbocycles. The summed E-state index contributed by atoms with van der Waals surface area (Å²) in [6, 6.07) is 4.93. The molecule has 1 saturated heterocycles. The predicted molar refractivity (Wildman–Crippen MR) is 91.7 cm³/mol. The van der Waals surface area contributed by atoms with Gasteiger partial charge in [-0.2, -0.15) is 5.10 Å². The number of nitrogens with zero attached hydrogens (tertiary/aromatic N) is 4. The molecule has 0 saturated carbocycles. The van der Waals surface area contributed by atoms with Crippen molar-refractivity contribution in [3.05, 3.63) is 47.2 Å². The molecule has 24 heavy (non-hydrogen) atoms. The summed E-state index contributed by atoms with van der Waals surface area (Å²) < 4.78 is 13.6. The number of H-pyrrole nitrogens is 1. The maximum absolute atomic E-state index is 13.6. The first-order valence-electron chi connectivity index (χ1n) is 8.31. The van der Waals surface area contributed by atoms with E-state index >= 15 is 0 Å². The average Bonchev–Trinajstić information content (AvgIpc) is 3.00. The van der Waals surface area contributed by atoms with Crippen LogP contribution >= 0.6 is 0 Å². The van der Waals surface area contributed by atoms with E-state index in [1.807, 2.05) is 20.0 Å². The highest BCUT2D eigenvalue weighted by atomic mass is 19.1. The highest BCUT2D eigenvalue weighted by molar-refractivity contribution is 5.83. The summed E-state index contributed by atoms with van der Waals surface area (Å²) in [6.45, 7) is 5.65. The fourth-order valence-corrected chi connectivity index (χ4v) is 3.42. The fraction of sp³-hybridized carbons (Fsp3) is 0.389. The zero-order valence-corrected chi connectivity index (χ0v) is 13.9.